The third-order valence-electron chi connectivity index (χ3n) is 5.82. The molecular formula is C22H24N2O4. The number of ether oxygens (including phenoxy) is 2. The van der Waals surface area contributed by atoms with Gasteiger partial charge in [-0.15, -0.1) is 0 Å². The number of aryl methyl sites for hydroxylation is 1. The van der Waals surface area contributed by atoms with Crippen molar-refractivity contribution in [2.24, 2.45) is 5.41 Å². The first-order chi connectivity index (χ1) is 13.3. The number of amides is 2. The number of carbonyl (C=O) groups is 2. The molecule has 4 rings (SSSR count). The van der Waals surface area contributed by atoms with Crippen LogP contribution in [0.2, 0.25) is 0 Å². The van der Waals surface area contributed by atoms with Gasteiger partial charge in [0.2, 0.25) is 17.7 Å². The molecule has 6 heteroatoms. The molecule has 2 aliphatic rings. The van der Waals surface area contributed by atoms with Crippen LogP contribution in [0.25, 0.3) is 0 Å². The van der Waals surface area contributed by atoms with Crippen molar-refractivity contribution >= 4 is 17.5 Å². The lowest BCUT2D eigenvalue weighted by Crippen LogP contribution is -2.34. The van der Waals surface area contributed by atoms with Crippen molar-refractivity contribution in [1.82, 2.24) is 4.98 Å². The topological polar surface area (TPSA) is 68.7 Å². The van der Waals surface area contributed by atoms with Crippen molar-refractivity contribution in [2.75, 3.05) is 4.90 Å². The van der Waals surface area contributed by atoms with E-state index >= 15 is 0 Å². The van der Waals surface area contributed by atoms with Crippen molar-refractivity contribution < 1.29 is 19.1 Å². The molecule has 2 amide bonds. The lowest BCUT2D eigenvalue weighted by atomic mass is 9.86. The summed E-state index contributed by atoms with van der Waals surface area (Å²) in [5.41, 5.74) is 2.91. The Morgan fingerprint density at radius 1 is 1.32 bits per heavy atom. The summed E-state index contributed by atoms with van der Waals surface area (Å²) in [5, 5.41) is 0. The quantitative estimate of drug-likeness (QED) is 0.733. The largest absolute Gasteiger partial charge is 0.439 e. The summed E-state index contributed by atoms with van der Waals surface area (Å²) in [6.45, 7) is 8.26. The number of imide groups is 1. The zero-order chi connectivity index (χ0) is 20.1. The Labute approximate surface area is 164 Å². The van der Waals surface area contributed by atoms with Gasteiger partial charge < -0.3 is 9.47 Å². The lowest BCUT2D eigenvalue weighted by Gasteiger charge is -2.20. The Bertz CT molecular complexity index is 971. The smallest absolute Gasteiger partial charge is 0.240 e. The average Bonchev–Trinajstić information content (AvgIpc) is 3.14. The summed E-state index contributed by atoms with van der Waals surface area (Å²) in [5.74, 6) is 0.790. The summed E-state index contributed by atoms with van der Waals surface area (Å²) < 4.78 is 11.6. The minimum absolute atomic E-state index is 0.0510. The molecule has 146 valence electrons. The molecule has 0 radical (unpaired) electrons. The third kappa shape index (κ3) is 2.98. The van der Waals surface area contributed by atoms with Gasteiger partial charge in [-0.05, 0) is 49.6 Å². The van der Waals surface area contributed by atoms with Crippen LogP contribution in [-0.2, 0) is 20.9 Å². The molecule has 1 saturated heterocycles. The predicted octanol–water partition coefficient (Wildman–Crippen LogP) is 4.45. The van der Waals surface area contributed by atoms with Crippen LogP contribution < -0.4 is 9.64 Å². The first-order valence-electron chi connectivity index (χ1n) is 9.58. The molecule has 0 aliphatic carbocycles. The van der Waals surface area contributed by atoms with E-state index in [2.05, 4.69) is 4.98 Å². The van der Waals surface area contributed by atoms with Crippen LogP contribution in [0, 0.1) is 12.3 Å². The van der Waals surface area contributed by atoms with E-state index in [1.54, 1.807) is 6.07 Å². The highest BCUT2D eigenvalue weighted by Gasteiger charge is 2.47. The zero-order valence-corrected chi connectivity index (χ0v) is 16.6. The zero-order valence-electron chi connectivity index (χ0n) is 16.6. The highest BCUT2D eigenvalue weighted by Crippen LogP contribution is 2.39. The number of aromatic nitrogens is 1. The van der Waals surface area contributed by atoms with Crippen LogP contribution >= 0.6 is 0 Å². The Hall–Kier alpha value is -2.73. The van der Waals surface area contributed by atoms with Crippen LogP contribution in [0.1, 0.15) is 56.4 Å². The lowest BCUT2D eigenvalue weighted by molar-refractivity contribution is -0.125. The van der Waals surface area contributed by atoms with E-state index in [1.807, 2.05) is 45.9 Å². The molecule has 0 bridgehead atoms. The molecule has 1 aromatic carbocycles. The number of nitrogens with zero attached hydrogens (tertiary/aromatic N) is 2. The number of carbonyl (C=O) groups excluding carboxylic acids is 2. The molecule has 2 aliphatic heterocycles. The molecule has 0 saturated carbocycles. The van der Waals surface area contributed by atoms with Crippen molar-refractivity contribution in [3.8, 4) is 11.6 Å². The van der Waals surface area contributed by atoms with Crippen LogP contribution in [0.5, 0.6) is 11.6 Å². The molecule has 6 nitrogen and oxygen atoms in total. The van der Waals surface area contributed by atoms with Crippen molar-refractivity contribution in [1.29, 1.82) is 0 Å². The maximum atomic E-state index is 12.7. The fourth-order valence-corrected chi connectivity index (χ4v) is 3.75. The average molecular weight is 380 g/mol. The molecule has 2 atom stereocenters. The molecule has 0 N–H and O–H groups in total. The minimum Gasteiger partial charge on any atom is -0.439 e. The molecule has 0 spiro atoms. The first-order valence-corrected chi connectivity index (χ1v) is 9.58. The number of hydrogen-bond donors (Lipinski definition) is 0. The number of fused-ring (bicyclic) bond motifs is 1. The van der Waals surface area contributed by atoms with Gasteiger partial charge in [-0.1, -0.05) is 19.9 Å². The Balaban J connectivity index is 1.58. The van der Waals surface area contributed by atoms with Crippen LogP contribution in [-0.4, -0.2) is 16.8 Å². The maximum absolute atomic E-state index is 12.7. The van der Waals surface area contributed by atoms with E-state index in [-0.39, 0.29) is 24.3 Å². The van der Waals surface area contributed by atoms with Gasteiger partial charge in [0.15, 0.2) is 0 Å². The number of pyridine rings is 1. The minimum atomic E-state index is -0.636. The van der Waals surface area contributed by atoms with E-state index in [4.69, 9.17) is 9.47 Å². The summed E-state index contributed by atoms with van der Waals surface area (Å²) in [7, 11) is 0. The van der Waals surface area contributed by atoms with Crippen molar-refractivity contribution in [2.45, 2.75) is 53.2 Å². The molecule has 1 fully saturated rings. The fraction of sp³-hybridized carbons (Fsp3) is 0.409. The molecule has 1 aromatic heterocycles. The normalized spacial score (nSPS) is 24.0. The van der Waals surface area contributed by atoms with Crippen molar-refractivity contribution in [3.63, 3.8) is 0 Å². The number of rotatable bonds is 4. The van der Waals surface area contributed by atoms with Crippen LogP contribution in [0.15, 0.2) is 30.5 Å². The summed E-state index contributed by atoms with van der Waals surface area (Å²) >= 11 is 0. The van der Waals surface area contributed by atoms with Gasteiger partial charge >= 0.3 is 0 Å². The van der Waals surface area contributed by atoms with E-state index in [1.165, 1.54) is 16.7 Å². The van der Waals surface area contributed by atoms with E-state index < -0.39 is 5.41 Å². The summed E-state index contributed by atoms with van der Waals surface area (Å²) in [4.78, 5) is 30.8. The fourth-order valence-electron chi connectivity index (χ4n) is 3.75. The van der Waals surface area contributed by atoms with E-state index in [0.29, 0.717) is 30.3 Å². The first kappa shape index (κ1) is 18.6. The Kier molecular flexibility index (Phi) is 4.46. The number of benzene rings is 1. The Morgan fingerprint density at radius 3 is 2.79 bits per heavy atom. The summed E-state index contributed by atoms with van der Waals surface area (Å²) in [6.07, 6.45) is 2.44. The highest BCUT2D eigenvalue weighted by molar-refractivity contribution is 6.22. The maximum Gasteiger partial charge on any atom is 0.240 e. The van der Waals surface area contributed by atoms with Crippen molar-refractivity contribution in [3.05, 3.63) is 47.2 Å². The highest BCUT2D eigenvalue weighted by atomic mass is 16.5. The van der Waals surface area contributed by atoms with Gasteiger partial charge in [-0.25, -0.2) is 9.88 Å². The molecule has 28 heavy (non-hydrogen) atoms. The molecule has 3 heterocycles. The molecule has 1 unspecified atom stereocenters. The number of hydrogen-bond acceptors (Lipinski definition) is 5. The second-order valence-corrected chi connectivity index (χ2v) is 7.86. The van der Waals surface area contributed by atoms with Gasteiger partial charge in [0.1, 0.15) is 5.75 Å². The van der Waals surface area contributed by atoms with Gasteiger partial charge in [0, 0.05) is 12.0 Å². The van der Waals surface area contributed by atoms with Gasteiger partial charge in [-0.3, -0.25) is 9.59 Å². The van der Waals surface area contributed by atoms with Gasteiger partial charge in [0.25, 0.3) is 0 Å². The predicted molar refractivity (Wildman–Crippen MR) is 104 cm³/mol. The summed E-state index contributed by atoms with van der Waals surface area (Å²) in [6, 6.07) is 7.65. The van der Waals surface area contributed by atoms with E-state index in [0.717, 1.165) is 11.1 Å². The van der Waals surface area contributed by atoms with Gasteiger partial charge in [-0.2, -0.15) is 0 Å². The van der Waals surface area contributed by atoms with Crippen LogP contribution in [0.4, 0.5) is 5.69 Å². The SMILES string of the molecule is CC[C@@]1(C)CC(=O)N(c2cnc(Oc3ccc4c(c3)C(C)OC4)c(C)c2)C1=O. The monoisotopic (exact) mass is 380 g/mol. The van der Waals surface area contributed by atoms with Crippen LogP contribution in [0.3, 0.4) is 0 Å². The molecular weight excluding hydrogens is 356 g/mol. The van der Waals surface area contributed by atoms with E-state index in [9.17, 15) is 9.59 Å². The number of anilines is 1. The standard InChI is InChI=1S/C22H24N2O4/c1-5-22(4)10-19(25)24(21(22)26)16-8-13(2)20(23-11-16)28-17-7-6-15-12-27-14(3)18(15)9-17/h6-9,11,14H,5,10,12H2,1-4H3/t14?,22-/m0/s1. The second-order valence-electron chi connectivity index (χ2n) is 7.86. The van der Waals surface area contributed by atoms with Gasteiger partial charge in [0.05, 0.1) is 30.0 Å². The molecule has 2 aromatic rings. The third-order valence-corrected chi connectivity index (χ3v) is 5.82. The second kappa shape index (κ2) is 6.71. The Morgan fingerprint density at radius 2 is 2.11 bits per heavy atom.